The van der Waals surface area contributed by atoms with Gasteiger partial charge in [-0.2, -0.15) is 17.9 Å². The SMILES string of the molecule is O=Cn1nc(F)c(F)c1F. The summed E-state index contributed by atoms with van der Waals surface area (Å²) in [5, 5.41) is 2.56. The first-order valence-electron chi connectivity index (χ1n) is 2.21. The van der Waals surface area contributed by atoms with Gasteiger partial charge in [0.1, 0.15) is 0 Å². The van der Waals surface area contributed by atoms with Crippen LogP contribution >= 0.6 is 0 Å². The summed E-state index contributed by atoms with van der Waals surface area (Å²) in [5.41, 5.74) is 0. The van der Waals surface area contributed by atoms with E-state index in [1.54, 1.807) is 0 Å². The molecule has 0 atom stereocenters. The van der Waals surface area contributed by atoms with Gasteiger partial charge in [-0.05, 0) is 0 Å². The van der Waals surface area contributed by atoms with Crippen molar-refractivity contribution < 1.29 is 18.0 Å². The molecule has 0 saturated carbocycles. The minimum atomic E-state index is -1.74. The summed E-state index contributed by atoms with van der Waals surface area (Å²) in [6.07, 6.45) is -0.137. The molecule has 0 bridgehead atoms. The van der Waals surface area contributed by atoms with Crippen LogP contribution in [0.1, 0.15) is 0 Å². The highest BCUT2D eigenvalue weighted by Gasteiger charge is 2.16. The molecule has 0 amide bonds. The van der Waals surface area contributed by atoms with Crippen molar-refractivity contribution in [1.82, 2.24) is 9.78 Å². The number of hydrogen-bond acceptors (Lipinski definition) is 2. The molecule has 0 spiro atoms. The van der Waals surface area contributed by atoms with E-state index in [0.29, 0.717) is 0 Å². The van der Waals surface area contributed by atoms with E-state index in [2.05, 4.69) is 5.10 Å². The molecule has 0 aromatic carbocycles. The lowest BCUT2D eigenvalue weighted by Gasteiger charge is -1.81. The van der Waals surface area contributed by atoms with Gasteiger partial charge >= 0.3 is 0 Å². The van der Waals surface area contributed by atoms with Crippen LogP contribution in [0.5, 0.6) is 0 Å². The summed E-state index contributed by atoms with van der Waals surface area (Å²) < 4.78 is 35.8. The largest absolute Gasteiger partial charge is 0.276 e. The maximum absolute atomic E-state index is 12.1. The Morgan fingerprint density at radius 2 is 2.00 bits per heavy atom. The Balaban J connectivity index is 3.30. The van der Waals surface area contributed by atoms with Gasteiger partial charge in [-0.1, -0.05) is 0 Å². The van der Waals surface area contributed by atoms with Crippen LogP contribution in [0.25, 0.3) is 0 Å². The molecule has 1 aromatic rings. The number of aromatic nitrogens is 2. The van der Waals surface area contributed by atoms with E-state index >= 15 is 0 Å². The van der Waals surface area contributed by atoms with Crippen molar-refractivity contribution >= 4 is 6.41 Å². The van der Waals surface area contributed by atoms with Crippen LogP contribution in [0, 0.1) is 17.7 Å². The second-order valence-corrected chi connectivity index (χ2v) is 1.45. The molecule has 1 aromatic heterocycles. The van der Waals surface area contributed by atoms with Gasteiger partial charge in [0, 0.05) is 0 Å². The number of carbonyl (C=O) groups is 1. The smallest absolute Gasteiger partial charge is 0.272 e. The zero-order chi connectivity index (χ0) is 7.72. The van der Waals surface area contributed by atoms with Gasteiger partial charge in [0.15, 0.2) is 0 Å². The standard InChI is InChI=1S/C4HF3N2O/c5-2-3(6)8-9(1-10)4(2)7/h1H. The summed E-state index contributed by atoms with van der Waals surface area (Å²) in [7, 11) is 0. The highest BCUT2D eigenvalue weighted by atomic mass is 19.2. The lowest BCUT2D eigenvalue weighted by atomic mass is 10.6. The number of nitrogens with zero attached hydrogens (tertiary/aromatic N) is 2. The molecule has 0 saturated heterocycles. The molecular weight excluding hydrogens is 149 g/mol. The molecule has 0 unspecified atom stereocenters. The second-order valence-electron chi connectivity index (χ2n) is 1.45. The molecule has 6 heteroatoms. The van der Waals surface area contributed by atoms with Gasteiger partial charge in [0.2, 0.25) is 12.2 Å². The fourth-order valence-electron chi connectivity index (χ4n) is 0.438. The Bertz CT molecular complexity index is 270. The minimum Gasteiger partial charge on any atom is -0.276 e. The predicted molar refractivity (Wildman–Crippen MR) is 24.2 cm³/mol. The van der Waals surface area contributed by atoms with Crippen molar-refractivity contribution in [2.24, 2.45) is 0 Å². The van der Waals surface area contributed by atoms with E-state index in [9.17, 15) is 18.0 Å². The summed E-state index contributed by atoms with van der Waals surface area (Å²) in [5.74, 6) is -4.98. The molecule has 0 aliphatic heterocycles. The van der Waals surface area contributed by atoms with E-state index in [-0.39, 0.29) is 11.1 Å². The lowest BCUT2D eigenvalue weighted by Crippen LogP contribution is -2.00. The first-order valence-corrected chi connectivity index (χ1v) is 2.21. The van der Waals surface area contributed by atoms with E-state index in [1.165, 1.54) is 0 Å². The summed E-state index contributed by atoms with van der Waals surface area (Å²) in [6, 6.07) is 0. The fourth-order valence-corrected chi connectivity index (χ4v) is 0.438. The summed E-state index contributed by atoms with van der Waals surface area (Å²) >= 11 is 0. The third kappa shape index (κ3) is 0.772. The van der Waals surface area contributed by atoms with Gasteiger partial charge in [-0.25, -0.2) is 0 Å². The molecule has 0 aliphatic rings. The Kier molecular flexibility index (Phi) is 1.44. The van der Waals surface area contributed by atoms with Gasteiger partial charge in [0.25, 0.3) is 11.9 Å². The predicted octanol–water partition coefficient (Wildman–Crippen LogP) is 0.339. The number of carbonyl (C=O) groups excluding carboxylic acids is 1. The molecule has 10 heavy (non-hydrogen) atoms. The van der Waals surface area contributed by atoms with E-state index in [4.69, 9.17) is 0 Å². The Hall–Kier alpha value is -1.33. The molecule has 0 fully saturated rings. The van der Waals surface area contributed by atoms with Crippen LogP contribution in [0.15, 0.2) is 0 Å². The van der Waals surface area contributed by atoms with Gasteiger partial charge in [-0.3, -0.25) is 4.79 Å². The topological polar surface area (TPSA) is 34.9 Å². The Morgan fingerprint density at radius 1 is 1.40 bits per heavy atom. The number of hydrogen-bond donors (Lipinski definition) is 0. The zero-order valence-corrected chi connectivity index (χ0v) is 4.51. The lowest BCUT2D eigenvalue weighted by molar-refractivity contribution is 0.442. The molecule has 0 aliphatic carbocycles. The number of halogens is 3. The van der Waals surface area contributed by atoms with Crippen molar-refractivity contribution in [3.63, 3.8) is 0 Å². The maximum Gasteiger partial charge on any atom is 0.272 e. The minimum absolute atomic E-state index is 0.0648. The first-order chi connectivity index (χ1) is 4.66. The molecule has 1 rings (SSSR count). The maximum atomic E-state index is 12.1. The second kappa shape index (κ2) is 2.13. The summed E-state index contributed by atoms with van der Waals surface area (Å²) in [6.45, 7) is 0. The van der Waals surface area contributed by atoms with Crippen molar-refractivity contribution in [2.45, 2.75) is 0 Å². The zero-order valence-electron chi connectivity index (χ0n) is 4.51. The monoisotopic (exact) mass is 150 g/mol. The Labute approximate surface area is 53.1 Å². The third-order valence-electron chi connectivity index (χ3n) is 0.859. The fraction of sp³-hybridized carbons (Fsp3) is 0. The summed E-state index contributed by atoms with van der Waals surface area (Å²) in [4.78, 5) is 9.72. The third-order valence-corrected chi connectivity index (χ3v) is 0.859. The van der Waals surface area contributed by atoms with Crippen molar-refractivity contribution in [2.75, 3.05) is 0 Å². The average molecular weight is 150 g/mol. The molecule has 3 nitrogen and oxygen atoms in total. The first kappa shape index (κ1) is 6.79. The molecule has 1 heterocycles. The highest BCUT2D eigenvalue weighted by molar-refractivity contribution is 5.50. The quantitative estimate of drug-likeness (QED) is 0.541. The van der Waals surface area contributed by atoms with Crippen LogP contribution in [0.2, 0.25) is 0 Å². The normalized spacial score (nSPS) is 9.90. The number of rotatable bonds is 1. The van der Waals surface area contributed by atoms with Crippen LogP contribution in [0.3, 0.4) is 0 Å². The van der Waals surface area contributed by atoms with Gasteiger partial charge in [-0.15, -0.1) is 5.10 Å². The van der Waals surface area contributed by atoms with Gasteiger partial charge in [0.05, 0.1) is 0 Å². The van der Waals surface area contributed by atoms with Crippen LogP contribution in [-0.4, -0.2) is 16.2 Å². The van der Waals surface area contributed by atoms with E-state index in [1.807, 2.05) is 0 Å². The Morgan fingerprint density at radius 3 is 2.20 bits per heavy atom. The van der Waals surface area contributed by atoms with Crippen molar-refractivity contribution in [3.8, 4) is 0 Å². The highest BCUT2D eigenvalue weighted by Crippen LogP contribution is 2.06. The van der Waals surface area contributed by atoms with E-state index in [0.717, 1.165) is 0 Å². The van der Waals surface area contributed by atoms with Crippen LogP contribution in [0.4, 0.5) is 13.2 Å². The van der Waals surface area contributed by atoms with Gasteiger partial charge < -0.3 is 0 Å². The molecular formula is C4HF3N2O. The molecule has 0 N–H and O–H groups in total. The van der Waals surface area contributed by atoms with E-state index < -0.39 is 17.7 Å². The van der Waals surface area contributed by atoms with Crippen LogP contribution in [-0.2, 0) is 4.79 Å². The molecule has 0 radical (unpaired) electrons. The van der Waals surface area contributed by atoms with Crippen molar-refractivity contribution in [3.05, 3.63) is 17.7 Å². The molecule has 54 valence electrons. The van der Waals surface area contributed by atoms with Crippen molar-refractivity contribution in [1.29, 1.82) is 0 Å². The van der Waals surface area contributed by atoms with Crippen LogP contribution < -0.4 is 0 Å². The average Bonchev–Trinajstić information content (AvgIpc) is 2.17.